The predicted octanol–water partition coefficient (Wildman–Crippen LogP) is 1.86. The minimum Gasteiger partial charge on any atom is -0.463 e. The molecule has 0 radical (unpaired) electrons. The molecule has 1 fully saturated rings. The van der Waals surface area contributed by atoms with E-state index in [1.54, 1.807) is 0 Å². The fourth-order valence-corrected chi connectivity index (χ4v) is 2.07. The lowest BCUT2D eigenvalue weighted by atomic mass is 10.2. The Bertz CT molecular complexity index is 343. The van der Waals surface area contributed by atoms with E-state index in [4.69, 9.17) is 9.15 Å². The number of ether oxygens (including phenoxy) is 1. The van der Waals surface area contributed by atoms with Crippen molar-refractivity contribution in [3.05, 3.63) is 23.7 Å². The topological polar surface area (TPSA) is 37.6 Å². The Morgan fingerprint density at radius 3 is 2.67 bits per heavy atom. The summed E-state index contributed by atoms with van der Waals surface area (Å²) in [5.41, 5.74) is 0. The van der Waals surface area contributed by atoms with E-state index in [2.05, 4.69) is 36.2 Å². The minimum absolute atomic E-state index is 0.674. The molecule has 1 N–H and O–H groups in total. The molecule has 1 aromatic heterocycles. The standard InChI is InChI=1S/C14H24N2O2/c1-12(2)9-15-10-13-3-4-14(18-13)11-16-5-7-17-8-6-16/h3-4,12,15H,5-11H2,1-2H3. The molecule has 0 aliphatic carbocycles. The normalized spacial score (nSPS) is 17.5. The third-order valence-corrected chi connectivity index (χ3v) is 3.05. The summed E-state index contributed by atoms with van der Waals surface area (Å²) >= 11 is 0. The molecule has 2 heterocycles. The largest absolute Gasteiger partial charge is 0.463 e. The second-order valence-electron chi connectivity index (χ2n) is 5.28. The van der Waals surface area contributed by atoms with Crippen molar-refractivity contribution >= 4 is 0 Å². The summed E-state index contributed by atoms with van der Waals surface area (Å²) in [5.74, 6) is 2.75. The van der Waals surface area contributed by atoms with E-state index in [0.29, 0.717) is 5.92 Å². The molecule has 2 rings (SSSR count). The molecule has 4 heteroatoms. The molecule has 1 aliphatic rings. The van der Waals surface area contributed by atoms with Gasteiger partial charge in [-0.3, -0.25) is 4.90 Å². The molecule has 1 aliphatic heterocycles. The van der Waals surface area contributed by atoms with Crippen molar-refractivity contribution in [3.63, 3.8) is 0 Å². The van der Waals surface area contributed by atoms with Crippen LogP contribution in [-0.2, 0) is 17.8 Å². The lowest BCUT2D eigenvalue weighted by Crippen LogP contribution is -2.35. The van der Waals surface area contributed by atoms with Crippen molar-refractivity contribution in [2.45, 2.75) is 26.9 Å². The smallest absolute Gasteiger partial charge is 0.118 e. The van der Waals surface area contributed by atoms with Gasteiger partial charge in [0.15, 0.2) is 0 Å². The maximum absolute atomic E-state index is 5.82. The zero-order valence-corrected chi connectivity index (χ0v) is 11.4. The number of hydrogen-bond acceptors (Lipinski definition) is 4. The summed E-state index contributed by atoms with van der Waals surface area (Å²) in [6.45, 7) is 10.8. The summed E-state index contributed by atoms with van der Waals surface area (Å²) in [6.07, 6.45) is 0. The average Bonchev–Trinajstić information content (AvgIpc) is 2.78. The van der Waals surface area contributed by atoms with E-state index in [-0.39, 0.29) is 0 Å². The van der Waals surface area contributed by atoms with Gasteiger partial charge in [-0.05, 0) is 24.6 Å². The number of furan rings is 1. The maximum Gasteiger partial charge on any atom is 0.118 e. The monoisotopic (exact) mass is 252 g/mol. The number of nitrogens with zero attached hydrogens (tertiary/aromatic N) is 1. The van der Waals surface area contributed by atoms with Gasteiger partial charge in [-0.2, -0.15) is 0 Å². The van der Waals surface area contributed by atoms with Gasteiger partial charge in [-0.15, -0.1) is 0 Å². The highest BCUT2D eigenvalue weighted by Crippen LogP contribution is 2.11. The highest BCUT2D eigenvalue weighted by molar-refractivity contribution is 5.07. The van der Waals surface area contributed by atoms with E-state index < -0.39 is 0 Å². The summed E-state index contributed by atoms with van der Waals surface area (Å²) < 4.78 is 11.2. The quantitative estimate of drug-likeness (QED) is 0.838. The van der Waals surface area contributed by atoms with Crippen molar-refractivity contribution in [2.24, 2.45) is 5.92 Å². The van der Waals surface area contributed by atoms with Crippen LogP contribution in [0.2, 0.25) is 0 Å². The van der Waals surface area contributed by atoms with Crippen molar-refractivity contribution in [2.75, 3.05) is 32.8 Å². The van der Waals surface area contributed by atoms with Crippen LogP contribution >= 0.6 is 0 Å². The van der Waals surface area contributed by atoms with E-state index in [1.165, 1.54) is 0 Å². The summed E-state index contributed by atoms with van der Waals surface area (Å²) in [4.78, 5) is 2.37. The molecule has 0 bridgehead atoms. The van der Waals surface area contributed by atoms with Crippen molar-refractivity contribution < 1.29 is 9.15 Å². The molecule has 1 aromatic rings. The maximum atomic E-state index is 5.82. The minimum atomic E-state index is 0.674. The van der Waals surface area contributed by atoms with Crippen LogP contribution in [-0.4, -0.2) is 37.7 Å². The Morgan fingerprint density at radius 1 is 1.22 bits per heavy atom. The highest BCUT2D eigenvalue weighted by atomic mass is 16.5. The molecule has 0 saturated carbocycles. The molecule has 0 amide bonds. The first-order valence-corrected chi connectivity index (χ1v) is 6.82. The van der Waals surface area contributed by atoms with Crippen molar-refractivity contribution in [3.8, 4) is 0 Å². The first kappa shape index (κ1) is 13.6. The molecular formula is C14H24N2O2. The summed E-state index contributed by atoms with van der Waals surface area (Å²) in [5, 5.41) is 3.39. The van der Waals surface area contributed by atoms with Crippen LogP contribution in [0.5, 0.6) is 0 Å². The van der Waals surface area contributed by atoms with Gasteiger partial charge in [0, 0.05) is 13.1 Å². The fourth-order valence-electron chi connectivity index (χ4n) is 2.07. The van der Waals surface area contributed by atoms with E-state index in [9.17, 15) is 0 Å². The highest BCUT2D eigenvalue weighted by Gasteiger charge is 2.12. The number of rotatable bonds is 6. The molecule has 1 saturated heterocycles. The molecular weight excluding hydrogens is 228 g/mol. The van der Waals surface area contributed by atoms with Crippen molar-refractivity contribution in [1.29, 1.82) is 0 Å². The van der Waals surface area contributed by atoms with Gasteiger partial charge in [0.25, 0.3) is 0 Å². The van der Waals surface area contributed by atoms with Crippen LogP contribution in [0.15, 0.2) is 16.5 Å². The van der Waals surface area contributed by atoms with E-state index in [0.717, 1.165) is 57.5 Å². The Kier molecular flexibility index (Phi) is 5.23. The van der Waals surface area contributed by atoms with Crippen LogP contribution in [0.3, 0.4) is 0 Å². The third kappa shape index (κ3) is 4.44. The van der Waals surface area contributed by atoms with Gasteiger partial charge in [-0.25, -0.2) is 0 Å². The fraction of sp³-hybridized carbons (Fsp3) is 0.714. The average molecular weight is 252 g/mol. The number of nitrogens with one attached hydrogen (secondary N) is 1. The lowest BCUT2D eigenvalue weighted by Gasteiger charge is -2.25. The van der Waals surface area contributed by atoms with Gasteiger partial charge >= 0.3 is 0 Å². The summed E-state index contributed by atoms with van der Waals surface area (Å²) in [6, 6.07) is 4.16. The second-order valence-corrected chi connectivity index (χ2v) is 5.28. The van der Waals surface area contributed by atoms with Gasteiger partial charge in [0.2, 0.25) is 0 Å². The van der Waals surface area contributed by atoms with Crippen molar-refractivity contribution in [1.82, 2.24) is 10.2 Å². The first-order valence-electron chi connectivity index (χ1n) is 6.82. The molecule has 102 valence electrons. The van der Waals surface area contributed by atoms with E-state index >= 15 is 0 Å². The number of morpholine rings is 1. The molecule has 0 spiro atoms. The molecule has 0 atom stereocenters. The Balaban J connectivity index is 1.74. The SMILES string of the molecule is CC(C)CNCc1ccc(CN2CCOCC2)o1. The third-order valence-electron chi connectivity index (χ3n) is 3.05. The van der Waals surface area contributed by atoms with Gasteiger partial charge in [-0.1, -0.05) is 13.8 Å². The van der Waals surface area contributed by atoms with Gasteiger partial charge in [0.05, 0.1) is 26.3 Å². The van der Waals surface area contributed by atoms with Crippen LogP contribution in [0, 0.1) is 5.92 Å². The Morgan fingerprint density at radius 2 is 1.94 bits per heavy atom. The van der Waals surface area contributed by atoms with Gasteiger partial charge in [0.1, 0.15) is 11.5 Å². The number of hydrogen-bond donors (Lipinski definition) is 1. The van der Waals surface area contributed by atoms with Crippen LogP contribution in [0.4, 0.5) is 0 Å². The molecule has 0 aromatic carbocycles. The predicted molar refractivity (Wildman–Crippen MR) is 71.3 cm³/mol. The second kappa shape index (κ2) is 6.92. The lowest BCUT2D eigenvalue weighted by molar-refractivity contribution is 0.0312. The Hall–Kier alpha value is -0.840. The first-order chi connectivity index (χ1) is 8.74. The molecule has 18 heavy (non-hydrogen) atoms. The van der Waals surface area contributed by atoms with Crippen LogP contribution < -0.4 is 5.32 Å². The Labute approximate surface area is 109 Å². The summed E-state index contributed by atoms with van der Waals surface area (Å²) in [7, 11) is 0. The zero-order chi connectivity index (χ0) is 12.8. The molecule has 0 unspecified atom stereocenters. The van der Waals surface area contributed by atoms with E-state index in [1.807, 2.05) is 0 Å². The van der Waals surface area contributed by atoms with Gasteiger partial charge < -0.3 is 14.5 Å². The van der Waals surface area contributed by atoms with Crippen LogP contribution in [0.25, 0.3) is 0 Å². The zero-order valence-electron chi connectivity index (χ0n) is 11.4. The van der Waals surface area contributed by atoms with Crippen LogP contribution in [0.1, 0.15) is 25.4 Å². The molecule has 4 nitrogen and oxygen atoms in total.